The van der Waals surface area contributed by atoms with Gasteiger partial charge in [0, 0.05) is 24.0 Å². The molecule has 3 heterocycles. The van der Waals surface area contributed by atoms with Crippen LogP contribution < -0.4 is 5.32 Å². The third kappa shape index (κ3) is 4.07. The zero-order valence-electron chi connectivity index (χ0n) is 12.6. The monoisotopic (exact) mass is 333 g/mol. The van der Waals surface area contributed by atoms with Gasteiger partial charge in [0.25, 0.3) is 0 Å². The molecule has 0 spiro atoms. The average molecular weight is 333 g/mol. The van der Waals surface area contributed by atoms with E-state index in [1.807, 2.05) is 23.6 Å². The van der Waals surface area contributed by atoms with Gasteiger partial charge in [-0.25, -0.2) is 9.78 Å². The first-order valence-corrected chi connectivity index (χ1v) is 8.40. The number of aliphatic hydroxyl groups is 1. The zero-order valence-corrected chi connectivity index (χ0v) is 13.4. The first-order valence-electron chi connectivity index (χ1n) is 7.52. The van der Waals surface area contributed by atoms with Crippen molar-refractivity contribution in [3.05, 3.63) is 46.8 Å². The summed E-state index contributed by atoms with van der Waals surface area (Å²) in [6.45, 7) is 1.43. The summed E-state index contributed by atoms with van der Waals surface area (Å²) in [5, 5.41) is 15.1. The Hall–Kier alpha value is -1.96. The third-order valence-corrected chi connectivity index (χ3v) is 4.73. The van der Waals surface area contributed by atoms with Crippen molar-refractivity contribution in [2.75, 3.05) is 25.1 Å². The molecule has 2 aromatic rings. The van der Waals surface area contributed by atoms with Crippen molar-refractivity contribution in [2.24, 2.45) is 0 Å². The van der Waals surface area contributed by atoms with Crippen molar-refractivity contribution in [1.29, 1.82) is 0 Å². The first kappa shape index (κ1) is 15.9. The van der Waals surface area contributed by atoms with Crippen LogP contribution in [0.3, 0.4) is 0 Å². The number of ether oxygens (including phenoxy) is 1. The molecular weight excluding hydrogens is 314 g/mol. The molecule has 1 fully saturated rings. The molecule has 122 valence electrons. The number of amides is 2. The lowest BCUT2D eigenvalue weighted by molar-refractivity contribution is -0.00384. The molecule has 23 heavy (non-hydrogen) atoms. The number of urea groups is 1. The summed E-state index contributed by atoms with van der Waals surface area (Å²) < 4.78 is 5.49. The lowest BCUT2D eigenvalue weighted by atomic mass is 10.1. The number of pyridine rings is 1. The predicted molar refractivity (Wildman–Crippen MR) is 88.5 cm³/mol. The zero-order chi connectivity index (χ0) is 16.1. The standard InChI is InChI=1S/C16H19N3O3S/c20-13(14-4-3-9-23-14)10-12-11-22-8-7-19(12)16(21)18-15-5-1-2-6-17-15/h1-6,9,12-13,20H,7-8,10-11H2,(H,17,18,21)/t12-,13-/m0/s1. The van der Waals surface area contributed by atoms with E-state index in [1.54, 1.807) is 23.2 Å². The van der Waals surface area contributed by atoms with E-state index in [9.17, 15) is 9.90 Å². The van der Waals surface area contributed by atoms with Crippen LogP contribution in [0.2, 0.25) is 0 Å². The van der Waals surface area contributed by atoms with Crippen molar-refractivity contribution >= 4 is 23.2 Å². The van der Waals surface area contributed by atoms with E-state index in [-0.39, 0.29) is 12.1 Å². The highest BCUT2D eigenvalue weighted by Gasteiger charge is 2.30. The van der Waals surface area contributed by atoms with Gasteiger partial charge in [-0.3, -0.25) is 5.32 Å². The molecule has 1 saturated heterocycles. The number of carbonyl (C=O) groups excluding carboxylic acids is 1. The number of rotatable bonds is 4. The molecule has 3 rings (SSSR count). The van der Waals surface area contributed by atoms with Crippen LogP contribution in [0.5, 0.6) is 0 Å². The summed E-state index contributed by atoms with van der Waals surface area (Å²) in [6.07, 6.45) is 1.50. The van der Waals surface area contributed by atoms with Crippen molar-refractivity contribution < 1.29 is 14.6 Å². The fourth-order valence-corrected chi connectivity index (χ4v) is 3.31. The van der Waals surface area contributed by atoms with Crippen LogP contribution in [0.15, 0.2) is 41.9 Å². The van der Waals surface area contributed by atoms with Gasteiger partial charge in [-0.15, -0.1) is 11.3 Å². The van der Waals surface area contributed by atoms with E-state index in [2.05, 4.69) is 10.3 Å². The third-order valence-electron chi connectivity index (χ3n) is 3.76. The predicted octanol–water partition coefficient (Wildman–Crippen LogP) is 2.50. The number of hydrogen-bond acceptors (Lipinski definition) is 5. The maximum Gasteiger partial charge on any atom is 0.323 e. The summed E-state index contributed by atoms with van der Waals surface area (Å²) in [5.41, 5.74) is 0. The van der Waals surface area contributed by atoms with Gasteiger partial charge in [0.05, 0.1) is 25.4 Å². The minimum atomic E-state index is -0.591. The molecule has 1 aliphatic rings. The highest BCUT2D eigenvalue weighted by Crippen LogP contribution is 2.26. The lowest BCUT2D eigenvalue weighted by Gasteiger charge is -2.36. The molecule has 2 atom stereocenters. The topological polar surface area (TPSA) is 74.7 Å². The number of thiophene rings is 1. The highest BCUT2D eigenvalue weighted by molar-refractivity contribution is 7.10. The maximum atomic E-state index is 12.5. The number of nitrogens with one attached hydrogen (secondary N) is 1. The largest absolute Gasteiger partial charge is 0.387 e. The van der Waals surface area contributed by atoms with Crippen LogP contribution in [0.1, 0.15) is 17.4 Å². The van der Waals surface area contributed by atoms with Crippen molar-refractivity contribution in [1.82, 2.24) is 9.88 Å². The number of aliphatic hydroxyl groups excluding tert-OH is 1. The highest BCUT2D eigenvalue weighted by atomic mass is 32.1. The number of anilines is 1. The Morgan fingerprint density at radius 3 is 3.13 bits per heavy atom. The number of aromatic nitrogens is 1. The molecule has 0 aromatic carbocycles. The summed E-state index contributed by atoms with van der Waals surface area (Å²) in [7, 11) is 0. The van der Waals surface area contributed by atoms with Gasteiger partial charge in [0.1, 0.15) is 5.82 Å². The van der Waals surface area contributed by atoms with Gasteiger partial charge in [0.15, 0.2) is 0 Å². The van der Waals surface area contributed by atoms with E-state index in [0.29, 0.717) is 32.0 Å². The Balaban J connectivity index is 1.65. The van der Waals surface area contributed by atoms with Gasteiger partial charge in [-0.1, -0.05) is 12.1 Å². The molecule has 0 aliphatic carbocycles. The normalized spacial score (nSPS) is 19.3. The van der Waals surface area contributed by atoms with Gasteiger partial charge in [-0.2, -0.15) is 0 Å². The molecule has 2 amide bonds. The van der Waals surface area contributed by atoms with E-state index in [1.165, 1.54) is 11.3 Å². The van der Waals surface area contributed by atoms with E-state index >= 15 is 0 Å². The van der Waals surface area contributed by atoms with E-state index in [0.717, 1.165) is 4.88 Å². The van der Waals surface area contributed by atoms with Crippen molar-refractivity contribution in [2.45, 2.75) is 18.6 Å². The second-order valence-corrected chi connectivity index (χ2v) is 6.31. The number of nitrogens with zero attached hydrogens (tertiary/aromatic N) is 2. The number of morpholine rings is 1. The Labute approximate surface area is 138 Å². The summed E-state index contributed by atoms with van der Waals surface area (Å²) in [4.78, 5) is 19.2. The fourth-order valence-electron chi connectivity index (χ4n) is 2.59. The average Bonchev–Trinajstić information content (AvgIpc) is 3.11. The second-order valence-electron chi connectivity index (χ2n) is 5.33. The van der Waals surface area contributed by atoms with Crippen molar-refractivity contribution in [3.63, 3.8) is 0 Å². The molecule has 0 saturated carbocycles. The van der Waals surface area contributed by atoms with Crippen LogP contribution in [-0.2, 0) is 4.74 Å². The quantitative estimate of drug-likeness (QED) is 0.901. The molecule has 7 heteroatoms. The van der Waals surface area contributed by atoms with Crippen LogP contribution in [0, 0.1) is 0 Å². The molecule has 1 aliphatic heterocycles. The van der Waals surface area contributed by atoms with Gasteiger partial charge >= 0.3 is 6.03 Å². The molecule has 2 aromatic heterocycles. The molecule has 0 bridgehead atoms. The Bertz CT molecular complexity index is 621. The van der Waals surface area contributed by atoms with Crippen LogP contribution in [0.4, 0.5) is 10.6 Å². The number of carbonyl (C=O) groups is 1. The Morgan fingerprint density at radius 2 is 2.39 bits per heavy atom. The van der Waals surface area contributed by atoms with Crippen molar-refractivity contribution in [3.8, 4) is 0 Å². The van der Waals surface area contributed by atoms with Crippen LogP contribution >= 0.6 is 11.3 Å². The van der Waals surface area contributed by atoms with E-state index in [4.69, 9.17) is 4.74 Å². The first-order chi connectivity index (χ1) is 11.2. The Kier molecular flexibility index (Phi) is 5.22. The molecule has 0 radical (unpaired) electrons. The second kappa shape index (κ2) is 7.54. The molecule has 6 nitrogen and oxygen atoms in total. The maximum absolute atomic E-state index is 12.5. The van der Waals surface area contributed by atoms with E-state index < -0.39 is 6.10 Å². The van der Waals surface area contributed by atoms with Gasteiger partial charge < -0.3 is 14.7 Å². The molecular formula is C16H19N3O3S. The molecule has 0 unspecified atom stereocenters. The minimum Gasteiger partial charge on any atom is -0.387 e. The summed E-state index contributed by atoms with van der Waals surface area (Å²) in [6, 6.07) is 8.79. The molecule has 2 N–H and O–H groups in total. The lowest BCUT2D eigenvalue weighted by Crippen LogP contribution is -2.50. The van der Waals surface area contributed by atoms with Gasteiger partial charge in [0.2, 0.25) is 0 Å². The summed E-state index contributed by atoms with van der Waals surface area (Å²) >= 11 is 1.51. The smallest absolute Gasteiger partial charge is 0.323 e. The minimum absolute atomic E-state index is 0.162. The fraction of sp³-hybridized carbons (Fsp3) is 0.375. The Morgan fingerprint density at radius 1 is 1.48 bits per heavy atom. The van der Waals surface area contributed by atoms with Gasteiger partial charge in [-0.05, 0) is 23.6 Å². The SMILES string of the molecule is O=C(Nc1ccccn1)N1CCOC[C@@H]1C[C@H](O)c1cccs1. The summed E-state index contributed by atoms with van der Waals surface area (Å²) in [5.74, 6) is 0.515. The number of hydrogen-bond donors (Lipinski definition) is 2. The van der Waals surface area contributed by atoms with Crippen LogP contribution in [-0.4, -0.2) is 46.8 Å². The van der Waals surface area contributed by atoms with Crippen LogP contribution in [0.25, 0.3) is 0 Å².